The molecule has 0 fully saturated rings. The first-order valence-electron chi connectivity index (χ1n) is 12.0. The molecule has 0 saturated heterocycles. The number of hydrogen-bond acceptors (Lipinski definition) is 4. The quantitative estimate of drug-likeness (QED) is 0.226. The van der Waals surface area contributed by atoms with E-state index >= 15 is 0 Å². The van der Waals surface area contributed by atoms with Crippen molar-refractivity contribution in [3.8, 4) is 11.3 Å². The third-order valence-corrected chi connectivity index (χ3v) is 6.51. The monoisotopic (exact) mass is 563 g/mol. The summed E-state index contributed by atoms with van der Waals surface area (Å²) in [6, 6.07) is 12.5. The molecular weight excluding hydrogens is 545 g/mol. The second-order valence-corrected chi connectivity index (χ2v) is 8.99. The molecule has 3 aromatic carbocycles. The van der Waals surface area contributed by atoms with E-state index in [1.165, 1.54) is 54.9 Å². The summed E-state index contributed by atoms with van der Waals surface area (Å²) in [4.78, 5) is 33.2. The van der Waals surface area contributed by atoms with Crippen LogP contribution in [0, 0.1) is 11.6 Å². The normalized spacial score (nSPS) is 12.3. The summed E-state index contributed by atoms with van der Waals surface area (Å²) in [5.74, 6) is -5.31. The van der Waals surface area contributed by atoms with Crippen LogP contribution in [-0.2, 0) is 11.0 Å². The van der Waals surface area contributed by atoms with Gasteiger partial charge in [0.05, 0.1) is 16.8 Å². The maximum Gasteiger partial charge on any atom is 0.419 e. The predicted octanol–water partition coefficient (Wildman–Crippen LogP) is 6.64. The molecule has 2 aromatic heterocycles. The van der Waals surface area contributed by atoms with Crippen molar-refractivity contribution in [3.63, 3.8) is 0 Å². The van der Waals surface area contributed by atoms with Crippen molar-refractivity contribution >= 4 is 39.1 Å². The topological polar surface area (TPSA) is 92.2 Å². The molecule has 2 N–H and O–H groups in total. The third kappa shape index (κ3) is 4.97. The van der Waals surface area contributed by atoms with Gasteiger partial charge in [-0.25, -0.2) is 13.6 Å². The van der Waals surface area contributed by atoms with Gasteiger partial charge in [-0.1, -0.05) is 49.0 Å². The van der Waals surface area contributed by atoms with Crippen LogP contribution in [0.15, 0.2) is 85.7 Å². The number of halogens is 5. The molecule has 0 aliphatic rings. The molecule has 5 rings (SSSR count). The highest BCUT2D eigenvalue weighted by Crippen LogP contribution is 2.42. The lowest BCUT2D eigenvalue weighted by molar-refractivity contribution is -0.138. The van der Waals surface area contributed by atoms with Gasteiger partial charge < -0.3 is 10.4 Å². The molecule has 0 radical (unpaired) electrons. The summed E-state index contributed by atoms with van der Waals surface area (Å²) in [7, 11) is 0. The van der Waals surface area contributed by atoms with Crippen LogP contribution in [-0.4, -0.2) is 33.0 Å². The zero-order valence-corrected chi connectivity index (χ0v) is 20.8. The molecule has 1 amide bonds. The van der Waals surface area contributed by atoms with Gasteiger partial charge in [0.1, 0.15) is 17.2 Å². The Morgan fingerprint density at radius 3 is 2.24 bits per heavy atom. The van der Waals surface area contributed by atoms with E-state index in [1.54, 1.807) is 6.07 Å². The Labute approximate surface area is 228 Å². The van der Waals surface area contributed by atoms with Gasteiger partial charge in [-0.05, 0) is 40.8 Å². The number of carboxylic acids is 1. The average Bonchev–Trinajstić information content (AvgIpc) is 2.93. The Bertz CT molecular complexity index is 1850. The number of nitrogens with one attached hydrogen (secondary N) is 1. The Balaban J connectivity index is 1.63. The average molecular weight is 563 g/mol. The lowest BCUT2D eigenvalue weighted by Crippen LogP contribution is -2.42. The number of amides is 1. The smallest absolute Gasteiger partial charge is 0.419 e. The van der Waals surface area contributed by atoms with E-state index in [0.717, 1.165) is 18.2 Å². The number of carbonyl (C=O) groups excluding carboxylic acids is 1. The van der Waals surface area contributed by atoms with E-state index in [0.29, 0.717) is 0 Å². The zero-order chi connectivity index (χ0) is 29.5. The fourth-order valence-electron chi connectivity index (χ4n) is 4.67. The summed E-state index contributed by atoms with van der Waals surface area (Å²) >= 11 is 0. The number of pyridine rings is 2. The van der Waals surface area contributed by atoms with Crippen molar-refractivity contribution in [2.75, 3.05) is 0 Å². The lowest BCUT2D eigenvalue weighted by atomic mass is 9.91. The van der Waals surface area contributed by atoms with E-state index in [1.807, 2.05) is 0 Å². The summed E-state index contributed by atoms with van der Waals surface area (Å²) < 4.78 is 71.3. The number of carbonyl (C=O) groups is 2. The fourth-order valence-corrected chi connectivity index (χ4v) is 4.67. The number of hydrogen-bond donors (Lipinski definition) is 2. The lowest BCUT2D eigenvalue weighted by Gasteiger charge is -2.20. The standard InChI is InChI=1S/C30H18F5N3O3/c1-15(25(29(40)41)38-28(39)23-21(31)9-4-10-22(23)32)17-11-12-20(26-19(17)8-5-13-36-26)27-24(30(33,34)35)18-7-3-2-6-16(18)14-37-27/h2-14,25H,1H2,(H,38,39)(H,40,41)/t25-/m0/s1. The minimum atomic E-state index is -4.77. The van der Waals surface area contributed by atoms with Gasteiger partial charge in [-0.2, -0.15) is 13.2 Å². The molecule has 0 spiro atoms. The SMILES string of the molecule is C=C(c1ccc(-c2ncc3ccccc3c2C(F)(F)F)c2ncccc12)[C@H](NC(=O)c1c(F)cccc1F)C(=O)O. The van der Waals surface area contributed by atoms with Crippen molar-refractivity contribution < 1.29 is 36.6 Å². The van der Waals surface area contributed by atoms with E-state index in [9.17, 15) is 36.6 Å². The van der Waals surface area contributed by atoms with Crippen LogP contribution in [0.2, 0.25) is 0 Å². The molecule has 6 nitrogen and oxygen atoms in total. The molecule has 0 bridgehead atoms. The second-order valence-electron chi connectivity index (χ2n) is 8.99. The summed E-state index contributed by atoms with van der Waals surface area (Å²) in [6.07, 6.45) is -2.10. The number of aromatic nitrogens is 2. The molecule has 41 heavy (non-hydrogen) atoms. The van der Waals surface area contributed by atoms with Crippen LogP contribution >= 0.6 is 0 Å². The summed E-state index contributed by atoms with van der Waals surface area (Å²) in [6.45, 7) is 3.78. The molecule has 0 saturated carbocycles. The maximum absolute atomic E-state index is 14.4. The van der Waals surface area contributed by atoms with Gasteiger partial charge in [0, 0.05) is 28.7 Å². The van der Waals surface area contributed by atoms with Crippen LogP contribution in [0.1, 0.15) is 21.5 Å². The van der Waals surface area contributed by atoms with E-state index in [4.69, 9.17) is 0 Å². The Morgan fingerprint density at radius 2 is 1.56 bits per heavy atom. The number of nitrogens with zero attached hydrogens (tertiary/aromatic N) is 2. The third-order valence-electron chi connectivity index (χ3n) is 6.51. The molecule has 0 aliphatic carbocycles. The van der Waals surface area contributed by atoms with Crippen LogP contribution in [0.3, 0.4) is 0 Å². The van der Waals surface area contributed by atoms with Crippen molar-refractivity contribution in [2.45, 2.75) is 12.2 Å². The Morgan fingerprint density at radius 1 is 0.878 bits per heavy atom. The van der Waals surface area contributed by atoms with Crippen LogP contribution in [0.25, 0.3) is 38.5 Å². The summed E-state index contributed by atoms with van der Waals surface area (Å²) in [5.41, 5.74) is -2.29. The van der Waals surface area contributed by atoms with Gasteiger partial charge in [0.25, 0.3) is 5.91 Å². The molecule has 206 valence electrons. The first-order valence-corrected chi connectivity index (χ1v) is 12.0. The van der Waals surface area contributed by atoms with Crippen molar-refractivity contribution in [3.05, 3.63) is 114 Å². The highest BCUT2D eigenvalue weighted by Gasteiger charge is 2.37. The number of alkyl halides is 3. The van der Waals surface area contributed by atoms with Crippen molar-refractivity contribution in [2.24, 2.45) is 0 Å². The van der Waals surface area contributed by atoms with Crippen molar-refractivity contribution in [1.29, 1.82) is 0 Å². The number of fused-ring (bicyclic) bond motifs is 2. The van der Waals surface area contributed by atoms with E-state index in [2.05, 4.69) is 21.9 Å². The van der Waals surface area contributed by atoms with Gasteiger partial charge in [0.15, 0.2) is 6.04 Å². The second kappa shape index (κ2) is 10.4. The van der Waals surface area contributed by atoms with Gasteiger partial charge in [-0.15, -0.1) is 0 Å². The highest BCUT2D eigenvalue weighted by atomic mass is 19.4. The van der Waals surface area contributed by atoms with Gasteiger partial charge in [-0.3, -0.25) is 14.8 Å². The Hall–Kier alpha value is -5.19. The van der Waals surface area contributed by atoms with Gasteiger partial charge >= 0.3 is 12.1 Å². The fraction of sp³-hybridized carbons (Fsp3) is 0.0667. The highest BCUT2D eigenvalue weighted by molar-refractivity contribution is 6.07. The van der Waals surface area contributed by atoms with E-state index in [-0.39, 0.29) is 44.1 Å². The first-order chi connectivity index (χ1) is 19.5. The molecule has 11 heteroatoms. The largest absolute Gasteiger partial charge is 0.479 e. The van der Waals surface area contributed by atoms with Gasteiger partial charge in [0.2, 0.25) is 0 Å². The number of aliphatic carboxylic acids is 1. The van der Waals surface area contributed by atoms with Crippen LogP contribution < -0.4 is 5.32 Å². The molecule has 0 unspecified atom stereocenters. The predicted molar refractivity (Wildman–Crippen MR) is 142 cm³/mol. The van der Waals surface area contributed by atoms with Crippen LogP contribution in [0.5, 0.6) is 0 Å². The number of benzene rings is 3. The minimum Gasteiger partial charge on any atom is -0.479 e. The molecule has 0 aliphatic heterocycles. The molecule has 5 aromatic rings. The van der Waals surface area contributed by atoms with E-state index < -0.39 is 46.9 Å². The molecule has 1 atom stereocenters. The van der Waals surface area contributed by atoms with Crippen LogP contribution in [0.4, 0.5) is 22.0 Å². The summed E-state index contributed by atoms with van der Waals surface area (Å²) in [5, 5.41) is 12.4. The molecular formula is C30H18F5N3O3. The first kappa shape index (κ1) is 27.4. The minimum absolute atomic E-state index is 0.0274. The zero-order valence-electron chi connectivity index (χ0n) is 20.8. The Kier molecular flexibility index (Phi) is 6.96. The number of rotatable bonds is 6. The number of carboxylic acid groups (broad SMARTS) is 1. The molecule has 2 heterocycles. The maximum atomic E-state index is 14.4. The van der Waals surface area contributed by atoms with Crippen molar-refractivity contribution in [1.82, 2.24) is 15.3 Å².